The number of ether oxygens (including phenoxy) is 12. The standard InChI is InChI=1S/C60H112O12/c1-10-17-24-35-44-53-61-54(45-36-25-18-11-2)64-57(48-39-28-21-14-5)66-55(62-53,46-37-26-19-12-3)68-59(50-41-30-23-16-7)69-56(63-53,47-38-27-20-13-4)67-58(65-54,49-40-29-22-15-6)71-60(70-57,72-59)51-42-33-31-32-34-43-52(8)9/h52H,10-51H2,1-9H3. The molecule has 0 unspecified atom stereocenters. The molecule has 6 rings (SSSR count). The molecule has 0 aromatic heterocycles. The minimum atomic E-state index is -1.87. The average molecular weight is 1030 g/mol. The van der Waals surface area contributed by atoms with Crippen LogP contribution in [0.4, 0.5) is 0 Å². The molecule has 6 saturated heterocycles. The second kappa shape index (κ2) is 31.2. The second-order valence-electron chi connectivity index (χ2n) is 23.1. The molecule has 8 bridgehead atoms. The molecule has 0 aromatic rings. The molecule has 6 fully saturated rings. The molecule has 0 N–H and O–H groups in total. The molecule has 0 amide bonds. The molecule has 6 aliphatic heterocycles. The van der Waals surface area contributed by atoms with Crippen LogP contribution < -0.4 is 0 Å². The second-order valence-corrected chi connectivity index (χ2v) is 23.1. The molecule has 6 aliphatic rings. The van der Waals surface area contributed by atoms with Gasteiger partial charge in [0.1, 0.15) is 0 Å². The maximum absolute atomic E-state index is 7.76. The van der Waals surface area contributed by atoms with Gasteiger partial charge in [-0.15, -0.1) is 0 Å². The van der Waals surface area contributed by atoms with Crippen molar-refractivity contribution < 1.29 is 56.8 Å². The Morgan fingerprint density at radius 1 is 0.194 bits per heavy atom. The number of unbranched alkanes of at least 4 members (excludes halogenated alkanes) is 25. The molecule has 12 nitrogen and oxygen atoms in total. The first kappa shape index (κ1) is 62.4. The first-order valence-electron chi connectivity index (χ1n) is 31.2. The molecule has 0 spiro atoms. The molecule has 0 saturated carbocycles. The summed E-state index contributed by atoms with van der Waals surface area (Å²) in [5.41, 5.74) is 0. The summed E-state index contributed by atoms with van der Waals surface area (Å²) in [6, 6.07) is 0. The lowest BCUT2D eigenvalue weighted by Gasteiger charge is -2.66. The Morgan fingerprint density at radius 2 is 0.333 bits per heavy atom. The average Bonchev–Trinajstić information content (AvgIpc) is 3.31. The summed E-state index contributed by atoms with van der Waals surface area (Å²) in [6.07, 6.45) is 35.5. The maximum atomic E-state index is 7.76. The van der Waals surface area contributed by atoms with Crippen molar-refractivity contribution in [3.8, 4) is 0 Å². The van der Waals surface area contributed by atoms with Crippen LogP contribution in [-0.2, 0) is 56.8 Å². The maximum Gasteiger partial charge on any atom is 0.295 e. The molecule has 72 heavy (non-hydrogen) atoms. The Bertz CT molecular complexity index is 1280. The monoisotopic (exact) mass is 1020 g/mol. The summed E-state index contributed by atoms with van der Waals surface area (Å²) >= 11 is 0. The molecule has 0 radical (unpaired) electrons. The summed E-state index contributed by atoms with van der Waals surface area (Å²) in [5.74, 6) is -14.2. The summed E-state index contributed by atoms with van der Waals surface area (Å²) in [5, 5.41) is 0. The molecular weight excluding hydrogens is 913 g/mol. The van der Waals surface area contributed by atoms with E-state index in [0.717, 1.165) is 205 Å². The lowest BCUT2D eigenvalue weighted by molar-refractivity contribution is -0.793. The Labute approximate surface area is 441 Å². The fourth-order valence-corrected chi connectivity index (χ4v) is 11.4. The predicted molar refractivity (Wildman–Crippen MR) is 283 cm³/mol. The van der Waals surface area contributed by atoms with E-state index in [-0.39, 0.29) is 0 Å². The zero-order valence-corrected chi connectivity index (χ0v) is 48.2. The van der Waals surface area contributed by atoms with Crippen LogP contribution >= 0.6 is 0 Å². The third kappa shape index (κ3) is 18.9. The van der Waals surface area contributed by atoms with Gasteiger partial charge in [0.15, 0.2) is 0 Å². The van der Waals surface area contributed by atoms with Crippen molar-refractivity contribution in [1.29, 1.82) is 0 Å². The van der Waals surface area contributed by atoms with Gasteiger partial charge in [-0.1, -0.05) is 229 Å². The van der Waals surface area contributed by atoms with Crippen LogP contribution in [0.2, 0.25) is 0 Å². The SMILES string of the molecule is CCCCCCC12OC3(CCCCCC)OC4(CCCCCC)OC(CCCCCC)(O1)OC1(CCCCCC)OC(CCCCCC)(O2)OC(CCCCCC)(O3)OC(CCCCCCCC(C)C)(O4)O1. The van der Waals surface area contributed by atoms with Gasteiger partial charge in [0.05, 0.1) is 0 Å². The summed E-state index contributed by atoms with van der Waals surface area (Å²) in [6.45, 7) is 20.2. The zero-order chi connectivity index (χ0) is 51.8. The Hall–Kier alpha value is -0.480. The number of rotatable bonds is 43. The van der Waals surface area contributed by atoms with Gasteiger partial charge >= 0.3 is 0 Å². The topological polar surface area (TPSA) is 111 Å². The number of hydrogen-bond acceptors (Lipinski definition) is 12. The van der Waals surface area contributed by atoms with E-state index in [1.54, 1.807) is 0 Å². The quantitative estimate of drug-likeness (QED) is 0.0542. The van der Waals surface area contributed by atoms with Gasteiger partial charge in [-0.2, -0.15) is 0 Å². The normalized spacial score (nSPS) is 33.1. The molecule has 0 aromatic carbocycles. The van der Waals surface area contributed by atoms with Crippen LogP contribution in [0.25, 0.3) is 0 Å². The van der Waals surface area contributed by atoms with Crippen molar-refractivity contribution in [3.05, 3.63) is 0 Å². The lowest BCUT2D eigenvalue weighted by Crippen LogP contribution is -2.79. The Morgan fingerprint density at radius 3 is 0.486 bits per heavy atom. The predicted octanol–water partition coefficient (Wildman–Crippen LogP) is 18.7. The number of hydrogen-bond donors (Lipinski definition) is 0. The van der Waals surface area contributed by atoms with E-state index in [0.29, 0.717) is 57.3 Å². The van der Waals surface area contributed by atoms with Crippen molar-refractivity contribution in [3.63, 3.8) is 0 Å². The summed E-state index contributed by atoms with van der Waals surface area (Å²) < 4.78 is 92.9. The van der Waals surface area contributed by atoms with Gasteiger partial charge in [-0.05, 0) is 57.3 Å². The Balaban J connectivity index is 1.83. The summed E-state index contributed by atoms with van der Waals surface area (Å²) in [4.78, 5) is 0. The van der Waals surface area contributed by atoms with Gasteiger partial charge in [-0.25, -0.2) is 0 Å². The van der Waals surface area contributed by atoms with E-state index in [1.807, 2.05) is 0 Å². The van der Waals surface area contributed by atoms with E-state index in [9.17, 15) is 0 Å². The third-order valence-corrected chi connectivity index (χ3v) is 15.4. The molecule has 424 valence electrons. The minimum absolute atomic E-state index is 0.323. The van der Waals surface area contributed by atoms with E-state index in [1.165, 1.54) is 12.8 Å². The highest BCUT2D eigenvalue weighted by Crippen LogP contribution is 2.62. The van der Waals surface area contributed by atoms with Crippen LogP contribution in [0.15, 0.2) is 0 Å². The van der Waals surface area contributed by atoms with Gasteiger partial charge in [-0.3, -0.25) is 56.8 Å². The van der Waals surface area contributed by atoms with Gasteiger partial charge < -0.3 is 0 Å². The van der Waals surface area contributed by atoms with Gasteiger partial charge in [0.25, 0.3) is 47.8 Å². The molecule has 0 atom stereocenters. The first-order chi connectivity index (χ1) is 34.8. The van der Waals surface area contributed by atoms with Crippen molar-refractivity contribution >= 4 is 0 Å². The van der Waals surface area contributed by atoms with E-state index in [2.05, 4.69) is 62.3 Å². The highest BCUT2D eigenvalue weighted by atomic mass is 17.2. The fraction of sp³-hybridized carbons (Fsp3) is 1.00. The first-order valence-corrected chi connectivity index (χ1v) is 31.2. The smallest absolute Gasteiger partial charge is 0.269 e. The van der Waals surface area contributed by atoms with Crippen LogP contribution in [0.5, 0.6) is 0 Å². The van der Waals surface area contributed by atoms with E-state index in [4.69, 9.17) is 56.8 Å². The molecule has 6 heterocycles. The van der Waals surface area contributed by atoms with Crippen LogP contribution in [-0.4, -0.2) is 47.8 Å². The summed E-state index contributed by atoms with van der Waals surface area (Å²) in [7, 11) is 0. The van der Waals surface area contributed by atoms with Crippen LogP contribution in [0.1, 0.15) is 332 Å². The Kier molecular flexibility index (Phi) is 27.0. The highest BCUT2D eigenvalue weighted by Gasteiger charge is 2.76. The molecule has 12 heteroatoms. The van der Waals surface area contributed by atoms with E-state index < -0.39 is 47.8 Å². The highest BCUT2D eigenvalue weighted by molar-refractivity contribution is 4.90. The van der Waals surface area contributed by atoms with Crippen molar-refractivity contribution in [1.82, 2.24) is 0 Å². The largest absolute Gasteiger partial charge is 0.295 e. The van der Waals surface area contributed by atoms with Crippen molar-refractivity contribution in [2.24, 2.45) is 5.92 Å². The fourth-order valence-electron chi connectivity index (χ4n) is 11.4. The van der Waals surface area contributed by atoms with Crippen molar-refractivity contribution in [2.45, 2.75) is 380 Å². The van der Waals surface area contributed by atoms with Crippen molar-refractivity contribution in [2.75, 3.05) is 0 Å². The lowest BCUT2D eigenvalue weighted by atomic mass is 10.0. The van der Waals surface area contributed by atoms with E-state index >= 15 is 0 Å². The van der Waals surface area contributed by atoms with Gasteiger partial charge in [0.2, 0.25) is 0 Å². The molecule has 0 aliphatic carbocycles. The molecular formula is C60H112O12. The van der Waals surface area contributed by atoms with Crippen LogP contribution in [0, 0.1) is 5.92 Å². The van der Waals surface area contributed by atoms with Gasteiger partial charge in [0, 0.05) is 51.4 Å². The third-order valence-electron chi connectivity index (χ3n) is 15.4. The minimum Gasteiger partial charge on any atom is -0.269 e. The zero-order valence-electron chi connectivity index (χ0n) is 48.2. The van der Waals surface area contributed by atoms with Crippen LogP contribution in [0.3, 0.4) is 0 Å².